The Morgan fingerprint density at radius 1 is 1.48 bits per heavy atom. The molecule has 2 aliphatic rings. The van der Waals surface area contributed by atoms with Crippen LogP contribution in [0.1, 0.15) is 50.3 Å². The summed E-state index contributed by atoms with van der Waals surface area (Å²) in [6.07, 6.45) is 2.48. The number of anilines is 1. The zero-order chi connectivity index (χ0) is 18.1. The van der Waals surface area contributed by atoms with Crippen LogP contribution in [-0.4, -0.2) is 30.6 Å². The summed E-state index contributed by atoms with van der Waals surface area (Å²) in [4.78, 5) is 14.6. The Hall–Kier alpha value is -2.48. The Bertz CT molecular complexity index is 748. The maximum absolute atomic E-state index is 12.5. The Morgan fingerprint density at radius 3 is 2.88 bits per heavy atom. The van der Waals surface area contributed by atoms with Crippen molar-refractivity contribution in [2.24, 2.45) is 5.92 Å². The van der Waals surface area contributed by atoms with Gasteiger partial charge < -0.3 is 15.0 Å². The summed E-state index contributed by atoms with van der Waals surface area (Å²) in [5, 5.41) is 12.7. The Labute approximate surface area is 149 Å². The lowest BCUT2D eigenvalue weighted by Gasteiger charge is -2.45. The first kappa shape index (κ1) is 17.3. The quantitative estimate of drug-likeness (QED) is 0.853. The number of carbonyl (C=O) groups excluding carboxylic acids is 1. The summed E-state index contributed by atoms with van der Waals surface area (Å²) >= 11 is 0. The molecular weight excluding hydrogens is 314 g/mol. The summed E-state index contributed by atoms with van der Waals surface area (Å²) in [7, 11) is 1.98. The number of rotatable bonds is 3. The SMILES string of the molecule is CCOC(=O)[C@@H]1Nc2ccc(C(C)C)cc2[C@@H]2[C@H]1CC(C#N)=CN2C. The highest BCUT2D eigenvalue weighted by molar-refractivity contribution is 5.82. The van der Waals surface area contributed by atoms with Crippen LogP contribution in [0.15, 0.2) is 30.0 Å². The highest BCUT2D eigenvalue weighted by Crippen LogP contribution is 2.46. The van der Waals surface area contributed by atoms with Gasteiger partial charge in [-0.3, -0.25) is 0 Å². The minimum Gasteiger partial charge on any atom is -0.464 e. The zero-order valence-corrected chi connectivity index (χ0v) is 15.2. The maximum Gasteiger partial charge on any atom is 0.328 e. The number of ether oxygens (including phenoxy) is 1. The van der Waals surface area contributed by atoms with Crippen LogP contribution in [-0.2, 0) is 9.53 Å². The predicted molar refractivity (Wildman–Crippen MR) is 96.9 cm³/mol. The number of nitrogens with zero attached hydrogens (tertiary/aromatic N) is 2. The molecule has 1 aromatic carbocycles. The minimum absolute atomic E-state index is 0.0291. The van der Waals surface area contributed by atoms with Crippen LogP contribution in [0.25, 0.3) is 0 Å². The van der Waals surface area contributed by atoms with Crippen molar-refractivity contribution in [3.05, 3.63) is 41.1 Å². The first-order valence-electron chi connectivity index (χ1n) is 8.86. The van der Waals surface area contributed by atoms with Crippen molar-refractivity contribution in [1.82, 2.24) is 4.90 Å². The molecule has 0 spiro atoms. The van der Waals surface area contributed by atoms with Crippen LogP contribution < -0.4 is 5.32 Å². The molecule has 0 unspecified atom stereocenters. The van der Waals surface area contributed by atoms with E-state index in [2.05, 4.69) is 48.3 Å². The summed E-state index contributed by atoms with van der Waals surface area (Å²) in [6, 6.07) is 8.27. The van der Waals surface area contributed by atoms with E-state index in [9.17, 15) is 10.1 Å². The van der Waals surface area contributed by atoms with Crippen LogP contribution in [0, 0.1) is 17.2 Å². The number of allylic oxidation sites excluding steroid dienone is 1. The van der Waals surface area contributed by atoms with Gasteiger partial charge in [-0.25, -0.2) is 4.79 Å². The fourth-order valence-corrected chi connectivity index (χ4v) is 3.93. The second-order valence-corrected chi connectivity index (χ2v) is 7.12. The van der Waals surface area contributed by atoms with Gasteiger partial charge in [0.15, 0.2) is 0 Å². The molecule has 25 heavy (non-hydrogen) atoms. The van der Waals surface area contributed by atoms with Crippen molar-refractivity contribution in [2.75, 3.05) is 19.0 Å². The summed E-state index contributed by atoms with van der Waals surface area (Å²) in [5.41, 5.74) is 4.14. The maximum atomic E-state index is 12.5. The van der Waals surface area contributed by atoms with Crippen LogP contribution in [0.3, 0.4) is 0 Å². The molecule has 0 saturated carbocycles. The second-order valence-electron chi connectivity index (χ2n) is 7.12. The topological polar surface area (TPSA) is 65.4 Å². The average Bonchev–Trinajstić information content (AvgIpc) is 2.60. The van der Waals surface area contributed by atoms with E-state index in [0.717, 1.165) is 5.69 Å². The van der Waals surface area contributed by atoms with Gasteiger partial charge in [-0.05, 0) is 36.5 Å². The number of fused-ring (bicyclic) bond motifs is 3. The first-order chi connectivity index (χ1) is 12.0. The third kappa shape index (κ3) is 3.09. The molecule has 2 aliphatic heterocycles. The fraction of sp³-hybridized carbons (Fsp3) is 0.500. The van der Waals surface area contributed by atoms with Gasteiger partial charge in [0.2, 0.25) is 0 Å². The Balaban J connectivity index is 2.08. The fourth-order valence-electron chi connectivity index (χ4n) is 3.93. The molecule has 0 fully saturated rings. The molecule has 0 amide bonds. The van der Waals surface area contributed by atoms with Crippen LogP contribution in [0.5, 0.6) is 0 Å². The van der Waals surface area contributed by atoms with Crippen molar-refractivity contribution < 1.29 is 9.53 Å². The van der Waals surface area contributed by atoms with E-state index in [0.29, 0.717) is 24.5 Å². The molecule has 3 atom stereocenters. The van der Waals surface area contributed by atoms with E-state index >= 15 is 0 Å². The lowest BCUT2D eigenvalue weighted by atomic mass is 9.75. The largest absolute Gasteiger partial charge is 0.464 e. The lowest BCUT2D eigenvalue weighted by molar-refractivity contribution is -0.146. The van der Waals surface area contributed by atoms with Gasteiger partial charge in [-0.1, -0.05) is 26.0 Å². The van der Waals surface area contributed by atoms with Gasteiger partial charge in [0.1, 0.15) is 6.04 Å². The molecule has 1 aromatic rings. The first-order valence-corrected chi connectivity index (χ1v) is 8.86. The highest BCUT2D eigenvalue weighted by Gasteiger charge is 2.44. The number of nitrogens with one attached hydrogen (secondary N) is 1. The molecule has 132 valence electrons. The van der Waals surface area contributed by atoms with Gasteiger partial charge >= 0.3 is 5.97 Å². The monoisotopic (exact) mass is 339 g/mol. The molecule has 2 heterocycles. The molecular formula is C20H25N3O2. The number of hydrogen-bond donors (Lipinski definition) is 1. The molecule has 5 heteroatoms. The van der Waals surface area contributed by atoms with Crippen molar-refractivity contribution in [1.29, 1.82) is 5.26 Å². The van der Waals surface area contributed by atoms with Crippen LogP contribution in [0.4, 0.5) is 5.69 Å². The van der Waals surface area contributed by atoms with Crippen molar-refractivity contribution in [3.8, 4) is 6.07 Å². The standard InChI is InChI=1S/C20H25N3O2/c1-5-25-20(24)18-16-8-13(10-21)11-23(4)19(16)15-9-14(12(2)3)6-7-17(15)22-18/h6-7,9,11-12,16,18-19,22H,5,8H2,1-4H3/t16-,18+,19+/m0/s1. The number of nitriles is 1. The summed E-state index contributed by atoms with van der Waals surface area (Å²) in [5.74, 6) is 0.160. The average molecular weight is 339 g/mol. The molecule has 1 N–H and O–H groups in total. The molecule has 0 aliphatic carbocycles. The van der Waals surface area contributed by atoms with E-state index in [1.165, 1.54) is 11.1 Å². The van der Waals surface area contributed by atoms with E-state index in [-0.39, 0.29) is 17.9 Å². The minimum atomic E-state index is -0.443. The zero-order valence-electron chi connectivity index (χ0n) is 15.2. The molecule has 5 nitrogen and oxygen atoms in total. The van der Waals surface area contributed by atoms with Gasteiger partial charge in [-0.15, -0.1) is 0 Å². The van der Waals surface area contributed by atoms with E-state index in [1.807, 2.05) is 20.2 Å². The third-order valence-corrected chi connectivity index (χ3v) is 5.14. The van der Waals surface area contributed by atoms with Crippen molar-refractivity contribution in [2.45, 2.75) is 45.2 Å². The smallest absolute Gasteiger partial charge is 0.328 e. The van der Waals surface area contributed by atoms with Gasteiger partial charge in [0, 0.05) is 30.4 Å². The number of esters is 1. The molecule has 3 rings (SSSR count). The molecule has 0 radical (unpaired) electrons. The number of hydrogen-bond acceptors (Lipinski definition) is 5. The second kappa shape index (κ2) is 6.79. The predicted octanol–water partition coefficient (Wildman–Crippen LogP) is 3.57. The summed E-state index contributed by atoms with van der Waals surface area (Å²) < 4.78 is 5.29. The van der Waals surface area contributed by atoms with Gasteiger partial charge in [0.05, 0.1) is 18.7 Å². The Morgan fingerprint density at radius 2 is 2.24 bits per heavy atom. The van der Waals surface area contributed by atoms with Gasteiger partial charge in [-0.2, -0.15) is 5.26 Å². The van der Waals surface area contributed by atoms with Crippen LogP contribution >= 0.6 is 0 Å². The van der Waals surface area contributed by atoms with E-state index < -0.39 is 6.04 Å². The summed E-state index contributed by atoms with van der Waals surface area (Å²) in [6.45, 7) is 6.52. The Kier molecular flexibility index (Phi) is 4.71. The normalized spacial score (nSPS) is 24.6. The van der Waals surface area contributed by atoms with Crippen molar-refractivity contribution in [3.63, 3.8) is 0 Å². The van der Waals surface area contributed by atoms with E-state index in [4.69, 9.17) is 4.74 Å². The number of carbonyl (C=O) groups is 1. The molecule has 0 aromatic heterocycles. The lowest BCUT2D eigenvalue weighted by Crippen LogP contribution is -2.49. The van der Waals surface area contributed by atoms with E-state index in [1.54, 1.807) is 0 Å². The third-order valence-electron chi connectivity index (χ3n) is 5.14. The van der Waals surface area contributed by atoms with Crippen LogP contribution in [0.2, 0.25) is 0 Å². The van der Waals surface area contributed by atoms with Gasteiger partial charge in [0.25, 0.3) is 0 Å². The highest BCUT2D eigenvalue weighted by atomic mass is 16.5. The number of benzene rings is 1. The molecule has 0 bridgehead atoms. The van der Waals surface area contributed by atoms with Crippen molar-refractivity contribution >= 4 is 11.7 Å². The molecule has 0 saturated heterocycles.